The van der Waals surface area contributed by atoms with Crippen molar-refractivity contribution in [3.05, 3.63) is 388 Å². The molecule has 0 fully saturated rings. The number of carbonyl (C=O) groups excluding carboxylic acids is 3. The zero-order valence-electron chi connectivity index (χ0n) is 75.5. The maximum absolute atomic E-state index is 12.9. The van der Waals surface area contributed by atoms with Crippen LogP contribution in [0.15, 0.2) is 312 Å². The predicted molar refractivity (Wildman–Crippen MR) is 517 cm³/mol. The number of nitrogens with zero attached hydrogens (tertiary/aromatic N) is 14. The van der Waals surface area contributed by atoms with Crippen LogP contribution in [0.1, 0.15) is 90.3 Å². The molecule has 17 aromatic rings. The van der Waals surface area contributed by atoms with Crippen LogP contribution in [-0.4, -0.2) is 180 Å². The molecule has 0 bridgehead atoms. The highest BCUT2D eigenvalue weighted by molar-refractivity contribution is 7.89. The number of carbonyl (C=O) groups is 3. The van der Waals surface area contributed by atoms with Gasteiger partial charge < -0.3 is 39.0 Å². The van der Waals surface area contributed by atoms with Crippen molar-refractivity contribution >= 4 is 28.2 Å². The number of aromatic amines is 6. The van der Waals surface area contributed by atoms with Gasteiger partial charge >= 0.3 is 18.2 Å². The first kappa shape index (κ1) is 90.8. The summed E-state index contributed by atoms with van der Waals surface area (Å²) in [6.45, 7) is 11.3. The normalized spacial score (nSPS) is 14.3. The minimum Gasteiger partial charge on any atom is -0.453 e. The molecule has 14 heterocycles. The number of methoxy groups -OCH3 is 1. The van der Waals surface area contributed by atoms with Gasteiger partial charge in [-0.1, -0.05) is 266 Å². The molecular weight excluding hydrogens is 1730 g/mol. The van der Waals surface area contributed by atoms with Gasteiger partial charge in [0.25, 0.3) is 0 Å². The average Bonchev–Trinajstić information content (AvgIpc) is 1.27. The van der Waals surface area contributed by atoms with E-state index in [0.29, 0.717) is 81.8 Å². The van der Waals surface area contributed by atoms with E-state index in [2.05, 4.69) is 207 Å². The Hall–Kier alpha value is -15.7. The number of fused-ring (bicyclic) bond motifs is 6. The number of hydrogen-bond acceptors (Lipinski definition) is 18. The summed E-state index contributed by atoms with van der Waals surface area (Å²) >= 11 is 0. The standard InChI is InChI=1S/C20H21N3.C19H19N3.C18H17N3O2S.2C17H17N5O2.C14H15N3O2/c1-3-7-16(8-4-1)11-13-23-14-12-19-18(15-23)20(22-21-19)17-9-5-2-6-10-17;1-3-7-15(8-4-1)13-22-12-11-18-17(14-22)19(21-20-18)16-9-5-2-6-10-16;22-24(23,15-9-5-2-6-10-15)21-12-11-17-16(13-21)18(20-19-17)14-7-3-1-4-8-14;23-17(19-10-15-18-7-9-24-15)22-8-6-14-13(11-22)16(21-20-14)12-4-2-1-3-5-12;23-17(18-10-13-7-9-24-21-13)22-8-6-15-14(11-22)16(20-19-15)12-4-2-1-3-5-12;1-19-14(18)17-8-7-12-11(9-17)13(16-15-12)10-5-3-2-4-6-10/h1-10H,11-15H2,(H,21,22);1-10H,11-14H2,(H,20,21);1-10H,11-13H2,(H,19,20);1-5,7,9H,6,8,10-11H2,(H,19,23)(H,20,21);1-5,7,9H,6,8,10-11H2,(H,18,23)(H,19,20);2-6H,7-9H2,1H3,(H,15,16). The monoisotopic (exact) mass is 1830 g/mol. The van der Waals surface area contributed by atoms with Gasteiger partial charge in [-0.15, -0.1) is 0 Å². The highest BCUT2D eigenvalue weighted by atomic mass is 32.2. The first-order chi connectivity index (χ1) is 66.9. The van der Waals surface area contributed by atoms with Crippen LogP contribution in [0.3, 0.4) is 0 Å². The lowest BCUT2D eigenvalue weighted by Gasteiger charge is -2.27. The summed E-state index contributed by atoms with van der Waals surface area (Å²) < 4.78 is 41.9. The fraction of sp³-hybridized carbons (Fsp3) is 0.229. The largest absolute Gasteiger partial charge is 0.453 e. The fourth-order valence-electron chi connectivity index (χ4n) is 17.8. The Morgan fingerprint density at radius 3 is 1.10 bits per heavy atom. The SMILES string of the molecule is COC(=O)N1CCc2[nH]nc(-c3ccccc3)c2C1.O=C(NCc1ccon1)N1CCc2[nH]nc(-c3ccccc3)c2C1.O=C(NCc1ncco1)N1CCc2[nH]nc(-c3ccccc3)c2C1.O=S(=O)(c1ccccc1)N1CCc2[nH]nc(-c3ccccc3)c2C1.c1ccc(CCN2CCc3[nH]nc(-c4ccccc4)c3C2)cc1.c1ccc(CN2CCc3[nH]nc(-c4ccccc4)c3C2)cc1. The summed E-state index contributed by atoms with van der Waals surface area (Å²) in [5.41, 5.74) is 29.7. The molecule has 23 rings (SSSR count). The van der Waals surface area contributed by atoms with Gasteiger partial charge in [-0.2, -0.15) is 34.9 Å². The number of oxazole rings is 1. The molecule has 0 atom stereocenters. The maximum atomic E-state index is 12.9. The van der Waals surface area contributed by atoms with Crippen molar-refractivity contribution in [2.45, 2.75) is 109 Å². The number of rotatable bonds is 17. The smallest absolute Gasteiger partial charge is 0.409 e. The summed E-state index contributed by atoms with van der Waals surface area (Å²) in [7, 11) is -2.08. The summed E-state index contributed by atoms with van der Waals surface area (Å²) in [5, 5.41) is 55.1. The second-order valence-corrected chi connectivity index (χ2v) is 35.6. The fourth-order valence-corrected chi connectivity index (χ4v) is 19.2. The van der Waals surface area contributed by atoms with E-state index >= 15 is 0 Å². The number of sulfonamides is 1. The Morgan fingerprint density at radius 1 is 0.368 bits per heavy atom. The summed E-state index contributed by atoms with van der Waals surface area (Å²) in [6, 6.07) is 92.3. The van der Waals surface area contributed by atoms with Gasteiger partial charge in [0, 0.05) is 218 Å². The summed E-state index contributed by atoms with van der Waals surface area (Å²) in [4.78, 5) is 51.1. The van der Waals surface area contributed by atoms with Crippen molar-refractivity contribution in [1.82, 2.24) is 111 Å². The minimum absolute atomic E-state index is 0.108. The van der Waals surface area contributed by atoms with Gasteiger partial charge in [-0.05, 0) is 29.7 Å². The van der Waals surface area contributed by atoms with E-state index in [4.69, 9.17) is 13.7 Å². The topological polar surface area (TPSA) is 362 Å². The molecular formula is C105H106N22O8S. The predicted octanol–water partition coefficient (Wildman–Crippen LogP) is 17.0. The molecule has 6 aliphatic heterocycles. The highest BCUT2D eigenvalue weighted by Crippen LogP contribution is 2.36. The Kier molecular flexibility index (Phi) is 29.2. The maximum Gasteiger partial charge on any atom is 0.409 e. The Morgan fingerprint density at radius 2 is 0.706 bits per heavy atom. The molecule has 31 heteroatoms. The average molecular weight is 1840 g/mol. The zero-order chi connectivity index (χ0) is 92.8. The van der Waals surface area contributed by atoms with Crippen LogP contribution in [0, 0.1) is 0 Å². The van der Waals surface area contributed by atoms with E-state index in [1.54, 1.807) is 51.2 Å². The molecule has 9 aromatic carbocycles. The summed E-state index contributed by atoms with van der Waals surface area (Å²) in [5.74, 6) is 0.495. The molecule has 6 aliphatic rings. The van der Waals surface area contributed by atoms with Gasteiger partial charge in [0.2, 0.25) is 15.9 Å². The Balaban J connectivity index is 0.000000109. The highest BCUT2D eigenvalue weighted by Gasteiger charge is 2.34. The first-order valence-electron chi connectivity index (χ1n) is 45.8. The number of H-pyrrole nitrogens is 6. The summed E-state index contributed by atoms with van der Waals surface area (Å²) in [6.07, 6.45) is 10.4. The molecule has 0 saturated carbocycles. The van der Waals surface area contributed by atoms with Crippen molar-refractivity contribution in [3.63, 3.8) is 0 Å². The molecule has 0 aliphatic carbocycles. The van der Waals surface area contributed by atoms with E-state index in [-0.39, 0.29) is 24.7 Å². The van der Waals surface area contributed by atoms with Gasteiger partial charge in [-0.3, -0.25) is 40.4 Å². The van der Waals surface area contributed by atoms with Crippen LogP contribution < -0.4 is 10.6 Å². The zero-order valence-corrected chi connectivity index (χ0v) is 76.3. The second kappa shape index (κ2) is 43.8. The van der Waals surface area contributed by atoms with E-state index in [1.807, 2.05) is 133 Å². The lowest BCUT2D eigenvalue weighted by Crippen LogP contribution is -2.42. The van der Waals surface area contributed by atoms with E-state index < -0.39 is 10.0 Å². The van der Waals surface area contributed by atoms with Crippen LogP contribution in [0.25, 0.3) is 67.5 Å². The van der Waals surface area contributed by atoms with E-state index in [1.165, 1.54) is 68.7 Å². The van der Waals surface area contributed by atoms with E-state index in [9.17, 15) is 22.8 Å². The van der Waals surface area contributed by atoms with Crippen molar-refractivity contribution in [2.24, 2.45) is 0 Å². The third-order valence-electron chi connectivity index (χ3n) is 25.0. The number of aromatic nitrogens is 14. The molecule has 0 spiro atoms. The van der Waals surface area contributed by atoms with Crippen molar-refractivity contribution in [2.75, 3.05) is 52.9 Å². The molecule has 690 valence electrons. The van der Waals surface area contributed by atoms with Crippen LogP contribution in [-0.2, 0) is 119 Å². The second-order valence-electron chi connectivity index (χ2n) is 33.7. The number of hydrogen-bond donors (Lipinski definition) is 8. The molecule has 5 amide bonds. The first-order valence-corrected chi connectivity index (χ1v) is 47.2. The minimum atomic E-state index is -3.49. The Bertz CT molecular complexity index is 6690. The molecule has 0 unspecified atom stereocenters. The van der Waals surface area contributed by atoms with Crippen LogP contribution >= 0.6 is 0 Å². The van der Waals surface area contributed by atoms with Crippen molar-refractivity contribution < 1.29 is 36.5 Å². The number of benzene rings is 9. The van der Waals surface area contributed by atoms with Crippen LogP contribution in [0.4, 0.5) is 14.4 Å². The van der Waals surface area contributed by atoms with Crippen molar-refractivity contribution in [1.29, 1.82) is 0 Å². The molecule has 30 nitrogen and oxygen atoms in total. The third kappa shape index (κ3) is 22.1. The van der Waals surface area contributed by atoms with Crippen LogP contribution in [0.5, 0.6) is 0 Å². The molecule has 8 N–H and O–H groups in total. The molecule has 0 saturated heterocycles. The van der Waals surface area contributed by atoms with Gasteiger partial charge in [0.05, 0.1) is 85.1 Å². The molecule has 0 radical (unpaired) electrons. The van der Waals surface area contributed by atoms with Crippen LogP contribution in [0.2, 0.25) is 0 Å². The number of amides is 5. The quantitative estimate of drug-likeness (QED) is 0.0420. The Labute approximate surface area is 788 Å². The lowest BCUT2D eigenvalue weighted by atomic mass is 10.0. The number of urea groups is 2. The van der Waals surface area contributed by atoms with Gasteiger partial charge in [0.1, 0.15) is 18.2 Å². The van der Waals surface area contributed by atoms with E-state index in [0.717, 1.165) is 179 Å². The van der Waals surface area contributed by atoms with Crippen molar-refractivity contribution in [3.8, 4) is 67.5 Å². The third-order valence-corrected chi connectivity index (χ3v) is 26.8. The lowest BCUT2D eigenvalue weighted by molar-refractivity contribution is 0.118. The molecule has 136 heavy (non-hydrogen) atoms. The molecule has 8 aromatic heterocycles. The van der Waals surface area contributed by atoms with Gasteiger partial charge in [-0.25, -0.2) is 27.8 Å². The number of ether oxygens (including phenoxy) is 1. The number of nitrogens with one attached hydrogen (secondary N) is 8. The van der Waals surface area contributed by atoms with Gasteiger partial charge in [0.15, 0.2) is 0 Å².